The van der Waals surface area contributed by atoms with Gasteiger partial charge in [-0.05, 0) is 13.0 Å². The van der Waals surface area contributed by atoms with E-state index < -0.39 is 0 Å². The summed E-state index contributed by atoms with van der Waals surface area (Å²) >= 11 is 0. The number of methoxy groups -OCH3 is 2. The molecule has 1 aromatic rings. The molecule has 0 aliphatic carbocycles. The van der Waals surface area contributed by atoms with E-state index in [4.69, 9.17) is 14.2 Å². The zero-order chi connectivity index (χ0) is 11.3. The molecule has 1 aromatic carbocycles. The summed E-state index contributed by atoms with van der Waals surface area (Å²) in [6.45, 7) is 2.32. The van der Waals surface area contributed by atoms with Crippen LogP contribution in [-0.2, 0) is 0 Å². The predicted molar refractivity (Wildman–Crippen MR) is 56.1 cm³/mol. The van der Waals surface area contributed by atoms with Crippen molar-refractivity contribution in [3.63, 3.8) is 0 Å². The van der Waals surface area contributed by atoms with Gasteiger partial charge in [0.05, 0.1) is 26.4 Å². The zero-order valence-corrected chi connectivity index (χ0v) is 9.07. The molecule has 0 heterocycles. The predicted octanol–water partition coefficient (Wildman–Crippen LogP) is 1.91. The average Bonchev–Trinajstić information content (AvgIpc) is 2.29. The van der Waals surface area contributed by atoms with Crippen LogP contribution in [0.4, 0.5) is 0 Å². The summed E-state index contributed by atoms with van der Waals surface area (Å²) in [5.74, 6) is 1.52. The molecule has 0 spiro atoms. The van der Waals surface area contributed by atoms with E-state index in [-0.39, 0.29) is 0 Å². The van der Waals surface area contributed by atoms with Gasteiger partial charge in [-0.1, -0.05) is 0 Å². The van der Waals surface area contributed by atoms with Gasteiger partial charge in [-0.3, -0.25) is 4.79 Å². The Hall–Kier alpha value is -1.71. The van der Waals surface area contributed by atoms with Crippen LogP contribution in [0.3, 0.4) is 0 Å². The molecule has 4 nitrogen and oxygen atoms in total. The number of carbonyl (C=O) groups excluding carboxylic acids is 1. The molecule has 4 heteroatoms. The smallest absolute Gasteiger partial charge is 0.171 e. The van der Waals surface area contributed by atoms with Crippen molar-refractivity contribution in [2.75, 3.05) is 20.8 Å². The lowest BCUT2D eigenvalue weighted by atomic mass is 10.2. The third kappa shape index (κ3) is 2.40. The molecular formula is C11H14O4. The second-order valence-electron chi connectivity index (χ2n) is 2.80. The Morgan fingerprint density at radius 3 is 2.47 bits per heavy atom. The summed E-state index contributed by atoms with van der Waals surface area (Å²) in [6, 6.07) is 3.29. The Morgan fingerprint density at radius 2 is 2.00 bits per heavy atom. The maximum atomic E-state index is 10.8. The Balaban J connectivity index is 3.25. The molecule has 0 saturated carbocycles. The number of benzene rings is 1. The third-order valence-corrected chi connectivity index (χ3v) is 1.93. The highest BCUT2D eigenvalue weighted by Gasteiger charge is 2.12. The fourth-order valence-corrected chi connectivity index (χ4v) is 1.25. The highest BCUT2D eigenvalue weighted by atomic mass is 16.5. The van der Waals surface area contributed by atoms with Crippen LogP contribution < -0.4 is 14.2 Å². The normalized spacial score (nSPS) is 9.53. The summed E-state index contributed by atoms with van der Waals surface area (Å²) in [6.07, 6.45) is 0.718. The molecule has 0 aromatic heterocycles. The fourth-order valence-electron chi connectivity index (χ4n) is 1.25. The third-order valence-electron chi connectivity index (χ3n) is 1.93. The van der Waals surface area contributed by atoms with Crippen LogP contribution in [0.1, 0.15) is 17.3 Å². The van der Waals surface area contributed by atoms with Crippen molar-refractivity contribution in [1.82, 2.24) is 0 Å². The minimum Gasteiger partial charge on any atom is -0.497 e. The first-order valence-electron chi connectivity index (χ1n) is 4.60. The minimum atomic E-state index is 0.424. The van der Waals surface area contributed by atoms with Crippen LogP contribution >= 0.6 is 0 Å². The molecule has 15 heavy (non-hydrogen) atoms. The van der Waals surface area contributed by atoms with Crippen LogP contribution in [0.5, 0.6) is 17.2 Å². The molecule has 0 radical (unpaired) electrons. The molecule has 0 aliphatic rings. The lowest BCUT2D eigenvalue weighted by Crippen LogP contribution is -2.00. The summed E-state index contributed by atoms with van der Waals surface area (Å²) in [5.41, 5.74) is 0.424. The first-order valence-corrected chi connectivity index (χ1v) is 4.60. The maximum absolute atomic E-state index is 10.8. The molecule has 0 fully saturated rings. The van der Waals surface area contributed by atoms with E-state index in [0.717, 1.165) is 6.29 Å². The van der Waals surface area contributed by atoms with Gasteiger partial charge in [0.25, 0.3) is 0 Å². The molecular weight excluding hydrogens is 196 g/mol. The first-order chi connectivity index (χ1) is 7.26. The van der Waals surface area contributed by atoms with E-state index in [0.29, 0.717) is 29.4 Å². The number of ether oxygens (including phenoxy) is 3. The molecule has 0 atom stereocenters. The zero-order valence-electron chi connectivity index (χ0n) is 9.07. The molecule has 82 valence electrons. The Labute approximate surface area is 88.8 Å². The summed E-state index contributed by atoms with van der Waals surface area (Å²) in [7, 11) is 3.05. The highest BCUT2D eigenvalue weighted by Crippen LogP contribution is 2.34. The molecule has 0 amide bonds. The monoisotopic (exact) mass is 210 g/mol. The van der Waals surface area contributed by atoms with Gasteiger partial charge in [0.15, 0.2) is 17.8 Å². The van der Waals surface area contributed by atoms with E-state index in [1.807, 2.05) is 6.92 Å². The summed E-state index contributed by atoms with van der Waals surface area (Å²) in [5, 5.41) is 0. The number of rotatable bonds is 5. The molecule has 0 aliphatic heterocycles. The number of aldehydes is 1. The van der Waals surface area contributed by atoms with Crippen LogP contribution in [0.2, 0.25) is 0 Å². The molecule has 0 N–H and O–H groups in total. The minimum absolute atomic E-state index is 0.424. The van der Waals surface area contributed by atoms with Crippen molar-refractivity contribution in [3.05, 3.63) is 17.7 Å². The number of carbonyl (C=O) groups is 1. The first kappa shape index (κ1) is 11.4. The van der Waals surface area contributed by atoms with Gasteiger partial charge in [-0.15, -0.1) is 0 Å². The van der Waals surface area contributed by atoms with E-state index in [1.165, 1.54) is 14.2 Å². The van der Waals surface area contributed by atoms with Gasteiger partial charge in [0.1, 0.15) is 5.75 Å². The highest BCUT2D eigenvalue weighted by molar-refractivity contribution is 5.82. The van der Waals surface area contributed by atoms with Gasteiger partial charge in [-0.25, -0.2) is 0 Å². The van der Waals surface area contributed by atoms with Crippen molar-refractivity contribution in [2.45, 2.75) is 6.92 Å². The molecule has 0 saturated heterocycles. The lowest BCUT2D eigenvalue weighted by molar-refractivity contribution is 0.111. The van der Waals surface area contributed by atoms with Gasteiger partial charge in [0, 0.05) is 6.07 Å². The van der Waals surface area contributed by atoms with Crippen molar-refractivity contribution < 1.29 is 19.0 Å². The van der Waals surface area contributed by atoms with Crippen molar-refractivity contribution >= 4 is 6.29 Å². The van der Waals surface area contributed by atoms with Crippen LogP contribution in [0.25, 0.3) is 0 Å². The average molecular weight is 210 g/mol. The molecule has 0 bridgehead atoms. The van der Waals surface area contributed by atoms with E-state index in [2.05, 4.69) is 0 Å². The van der Waals surface area contributed by atoms with Gasteiger partial charge < -0.3 is 14.2 Å². The second kappa shape index (κ2) is 5.24. The number of hydrogen-bond donors (Lipinski definition) is 0. The standard InChI is InChI=1S/C11H14O4/c1-4-15-11-8(7-12)5-9(13-2)6-10(11)14-3/h5-7H,4H2,1-3H3. The maximum Gasteiger partial charge on any atom is 0.171 e. The molecule has 0 unspecified atom stereocenters. The van der Waals surface area contributed by atoms with E-state index in [1.54, 1.807) is 12.1 Å². The fraction of sp³-hybridized carbons (Fsp3) is 0.364. The second-order valence-corrected chi connectivity index (χ2v) is 2.80. The van der Waals surface area contributed by atoms with E-state index >= 15 is 0 Å². The Kier molecular flexibility index (Phi) is 3.97. The van der Waals surface area contributed by atoms with Crippen LogP contribution in [-0.4, -0.2) is 27.1 Å². The van der Waals surface area contributed by atoms with Crippen LogP contribution in [0.15, 0.2) is 12.1 Å². The van der Waals surface area contributed by atoms with Crippen molar-refractivity contribution in [3.8, 4) is 17.2 Å². The Morgan fingerprint density at radius 1 is 1.27 bits per heavy atom. The topological polar surface area (TPSA) is 44.8 Å². The van der Waals surface area contributed by atoms with E-state index in [9.17, 15) is 4.79 Å². The van der Waals surface area contributed by atoms with Crippen molar-refractivity contribution in [1.29, 1.82) is 0 Å². The van der Waals surface area contributed by atoms with Gasteiger partial charge in [0.2, 0.25) is 0 Å². The lowest BCUT2D eigenvalue weighted by Gasteiger charge is -2.12. The molecule has 1 rings (SSSR count). The van der Waals surface area contributed by atoms with Gasteiger partial charge >= 0.3 is 0 Å². The van der Waals surface area contributed by atoms with Gasteiger partial charge in [-0.2, -0.15) is 0 Å². The quantitative estimate of drug-likeness (QED) is 0.696. The summed E-state index contributed by atoms with van der Waals surface area (Å²) in [4.78, 5) is 10.8. The van der Waals surface area contributed by atoms with Crippen molar-refractivity contribution in [2.24, 2.45) is 0 Å². The SMILES string of the molecule is CCOc1c(C=O)cc(OC)cc1OC. The number of hydrogen-bond acceptors (Lipinski definition) is 4. The Bertz CT molecular complexity index is 347. The summed E-state index contributed by atoms with van der Waals surface area (Å²) < 4.78 is 15.5. The van der Waals surface area contributed by atoms with Crippen LogP contribution in [0, 0.1) is 0 Å². The largest absolute Gasteiger partial charge is 0.497 e.